The van der Waals surface area contributed by atoms with Gasteiger partial charge in [-0.25, -0.2) is 12.8 Å². The molecular weight excluding hydrogens is 319 g/mol. The number of likely N-dealkylation sites (N-methyl/N-ethyl adjacent to an activating group) is 1. The van der Waals surface area contributed by atoms with Crippen molar-refractivity contribution < 1.29 is 17.6 Å². The van der Waals surface area contributed by atoms with Crippen LogP contribution in [0.3, 0.4) is 0 Å². The van der Waals surface area contributed by atoms with Gasteiger partial charge in [0.2, 0.25) is 15.9 Å². The second-order valence-electron chi connectivity index (χ2n) is 6.16. The summed E-state index contributed by atoms with van der Waals surface area (Å²) < 4.78 is 37.0. The third kappa shape index (κ3) is 5.00. The molecule has 1 atom stereocenters. The summed E-state index contributed by atoms with van der Waals surface area (Å²) in [4.78, 5) is 12.2. The molecule has 1 amide bonds. The van der Waals surface area contributed by atoms with Crippen LogP contribution in [0, 0.1) is 11.7 Å². The summed E-state index contributed by atoms with van der Waals surface area (Å²) in [6.07, 6.45) is 5.30. The van der Waals surface area contributed by atoms with Crippen molar-refractivity contribution >= 4 is 15.9 Å². The van der Waals surface area contributed by atoms with Crippen LogP contribution in [-0.2, 0) is 14.8 Å². The van der Waals surface area contributed by atoms with Gasteiger partial charge in [0, 0.05) is 7.05 Å². The summed E-state index contributed by atoms with van der Waals surface area (Å²) >= 11 is 0. The van der Waals surface area contributed by atoms with E-state index in [1.165, 1.54) is 19.2 Å². The zero-order chi connectivity index (χ0) is 17.0. The summed E-state index contributed by atoms with van der Waals surface area (Å²) in [5, 5.41) is 2.93. The van der Waals surface area contributed by atoms with Gasteiger partial charge in [-0.15, -0.1) is 0 Å². The number of hydrogen-bond acceptors (Lipinski definition) is 3. The number of benzene rings is 1. The zero-order valence-electron chi connectivity index (χ0n) is 13.5. The highest BCUT2D eigenvalue weighted by atomic mass is 32.2. The highest BCUT2D eigenvalue weighted by Crippen LogP contribution is 2.35. The lowest BCUT2D eigenvalue weighted by atomic mass is 9.91. The number of sulfonamides is 1. The molecule has 1 aromatic rings. The molecule has 0 heterocycles. The first-order chi connectivity index (χ1) is 10.8. The number of carbonyl (C=O) groups excluding carboxylic acids is 1. The number of rotatable bonds is 6. The number of hydrogen-bond donors (Lipinski definition) is 1. The van der Waals surface area contributed by atoms with E-state index >= 15 is 0 Å². The van der Waals surface area contributed by atoms with Gasteiger partial charge in [0.1, 0.15) is 5.82 Å². The van der Waals surface area contributed by atoms with Gasteiger partial charge >= 0.3 is 0 Å². The average molecular weight is 342 g/mol. The second-order valence-corrected chi connectivity index (χ2v) is 8.25. The molecule has 1 unspecified atom stereocenters. The maximum absolute atomic E-state index is 13.1. The van der Waals surface area contributed by atoms with E-state index in [1.807, 2.05) is 0 Å². The fourth-order valence-electron chi connectivity index (χ4n) is 2.97. The molecule has 1 aliphatic carbocycles. The Morgan fingerprint density at radius 3 is 2.39 bits per heavy atom. The van der Waals surface area contributed by atoms with E-state index < -0.39 is 10.0 Å². The Morgan fingerprint density at radius 1 is 1.30 bits per heavy atom. The predicted molar refractivity (Wildman–Crippen MR) is 86.7 cm³/mol. The van der Waals surface area contributed by atoms with E-state index in [0.717, 1.165) is 41.8 Å². The first-order valence-electron chi connectivity index (χ1n) is 7.73. The molecule has 1 fully saturated rings. The van der Waals surface area contributed by atoms with E-state index in [0.29, 0.717) is 5.92 Å². The van der Waals surface area contributed by atoms with Crippen LogP contribution in [0.25, 0.3) is 0 Å². The number of amides is 1. The molecule has 0 saturated heterocycles. The van der Waals surface area contributed by atoms with Crippen LogP contribution in [0.1, 0.15) is 37.3 Å². The Morgan fingerprint density at radius 2 is 1.87 bits per heavy atom. The summed E-state index contributed by atoms with van der Waals surface area (Å²) in [5.41, 5.74) is 0.855. The maximum Gasteiger partial charge on any atom is 0.235 e. The maximum atomic E-state index is 13.1. The summed E-state index contributed by atoms with van der Waals surface area (Å²) in [5.74, 6) is -0.367. The molecule has 23 heavy (non-hydrogen) atoms. The largest absolute Gasteiger partial charge is 0.348 e. The fraction of sp³-hybridized carbons (Fsp3) is 0.562. The number of nitrogens with one attached hydrogen (secondary N) is 1. The molecule has 0 aliphatic heterocycles. The van der Waals surface area contributed by atoms with E-state index in [4.69, 9.17) is 0 Å². The van der Waals surface area contributed by atoms with Crippen molar-refractivity contribution in [2.75, 3.05) is 19.8 Å². The first kappa shape index (κ1) is 17.9. The van der Waals surface area contributed by atoms with Gasteiger partial charge in [0.05, 0.1) is 18.8 Å². The Labute approximate surface area is 136 Å². The number of carbonyl (C=O) groups is 1. The molecule has 1 N–H and O–H groups in total. The molecular formula is C16H23FN2O3S. The third-order valence-corrected chi connectivity index (χ3v) is 5.61. The van der Waals surface area contributed by atoms with Crippen molar-refractivity contribution in [3.05, 3.63) is 35.6 Å². The lowest BCUT2D eigenvalue weighted by Gasteiger charge is -2.26. The molecule has 1 aromatic carbocycles. The minimum absolute atomic E-state index is 0.210. The van der Waals surface area contributed by atoms with Crippen molar-refractivity contribution in [2.45, 2.75) is 31.7 Å². The van der Waals surface area contributed by atoms with E-state index in [-0.39, 0.29) is 24.3 Å². The van der Waals surface area contributed by atoms with Crippen LogP contribution in [0.5, 0.6) is 0 Å². The van der Waals surface area contributed by atoms with E-state index in [1.54, 1.807) is 12.1 Å². The van der Waals surface area contributed by atoms with Gasteiger partial charge in [0.15, 0.2) is 0 Å². The first-order valence-corrected chi connectivity index (χ1v) is 9.58. The highest BCUT2D eigenvalue weighted by molar-refractivity contribution is 7.88. The minimum atomic E-state index is -3.40. The molecule has 1 saturated carbocycles. The van der Waals surface area contributed by atoms with Gasteiger partial charge < -0.3 is 5.32 Å². The smallest absolute Gasteiger partial charge is 0.235 e. The molecule has 128 valence electrons. The van der Waals surface area contributed by atoms with Crippen LogP contribution in [0.15, 0.2) is 24.3 Å². The van der Waals surface area contributed by atoms with Crippen LogP contribution in [0.2, 0.25) is 0 Å². The van der Waals surface area contributed by atoms with Crippen LogP contribution >= 0.6 is 0 Å². The van der Waals surface area contributed by atoms with Crippen molar-refractivity contribution in [1.29, 1.82) is 0 Å². The van der Waals surface area contributed by atoms with E-state index in [9.17, 15) is 17.6 Å². The number of halogens is 1. The molecule has 7 heteroatoms. The molecule has 1 aliphatic rings. The Balaban J connectivity index is 2.11. The van der Waals surface area contributed by atoms with Crippen molar-refractivity contribution in [2.24, 2.45) is 5.92 Å². The normalized spacial score (nSPS) is 17.4. The lowest BCUT2D eigenvalue weighted by molar-refractivity contribution is -0.122. The summed E-state index contributed by atoms with van der Waals surface area (Å²) in [6, 6.07) is 5.91. The van der Waals surface area contributed by atoms with Gasteiger partial charge in [-0.2, -0.15) is 4.31 Å². The molecule has 2 rings (SSSR count). The Bertz CT molecular complexity index is 640. The predicted octanol–water partition coefficient (Wildman–Crippen LogP) is 2.06. The standard InChI is InChI=1S/C16H23FN2O3S/c1-19(23(2,21)22)11-15(20)18-16(12-5-3-4-6-12)13-7-9-14(17)10-8-13/h7-10,12,16H,3-6,11H2,1-2H3,(H,18,20). The monoisotopic (exact) mass is 342 g/mol. The molecule has 0 bridgehead atoms. The van der Waals surface area contributed by atoms with Gasteiger partial charge in [-0.3, -0.25) is 4.79 Å². The van der Waals surface area contributed by atoms with Crippen LogP contribution in [0.4, 0.5) is 4.39 Å². The van der Waals surface area contributed by atoms with Crippen molar-refractivity contribution in [3.8, 4) is 0 Å². The molecule has 5 nitrogen and oxygen atoms in total. The average Bonchev–Trinajstić information content (AvgIpc) is 2.98. The van der Waals surface area contributed by atoms with Crippen LogP contribution < -0.4 is 5.32 Å². The zero-order valence-corrected chi connectivity index (χ0v) is 14.3. The SMILES string of the molecule is CN(CC(=O)NC(c1ccc(F)cc1)C1CCCC1)S(C)(=O)=O. The van der Waals surface area contributed by atoms with Crippen molar-refractivity contribution in [1.82, 2.24) is 9.62 Å². The molecule has 0 aromatic heterocycles. The lowest BCUT2D eigenvalue weighted by Crippen LogP contribution is -2.41. The summed E-state index contributed by atoms with van der Waals surface area (Å²) in [6.45, 7) is -0.219. The minimum Gasteiger partial charge on any atom is -0.348 e. The number of nitrogens with zero attached hydrogens (tertiary/aromatic N) is 1. The second kappa shape index (κ2) is 7.40. The van der Waals surface area contributed by atoms with E-state index in [2.05, 4.69) is 5.32 Å². The van der Waals surface area contributed by atoms with Gasteiger partial charge in [-0.05, 0) is 36.5 Å². The quantitative estimate of drug-likeness (QED) is 0.860. The Kier molecular flexibility index (Phi) is 5.75. The highest BCUT2D eigenvalue weighted by Gasteiger charge is 2.28. The topological polar surface area (TPSA) is 66.5 Å². The molecule has 0 spiro atoms. The fourth-order valence-corrected chi connectivity index (χ4v) is 3.32. The summed E-state index contributed by atoms with van der Waals surface area (Å²) in [7, 11) is -2.03. The van der Waals surface area contributed by atoms with Crippen LogP contribution in [-0.4, -0.2) is 38.5 Å². The third-order valence-electron chi connectivity index (χ3n) is 4.35. The molecule has 0 radical (unpaired) electrons. The van der Waals surface area contributed by atoms with Gasteiger partial charge in [0.25, 0.3) is 0 Å². The Hall–Kier alpha value is -1.47. The van der Waals surface area contributed by atoms with Gasteiger partial charge in [-0.1, -0.05) is 25.0 Å². The van der Waals surface area contributed by atoms with Crippen molar-refractivity contribution in [3.63, 3.8) is 0 Å².